The van der Waals surface area contributed by atoms with Crippen molar-refractivity contribution < 1.29 is 9.53 Å². The van der Waals surface area contributed by atoms with Crippen LogP contribution in [0.4, 0.5) is 5.69 Å². The number of hydrogen-bond acceptors (Lipinski definition) is 3. The van der Waals surface area contributed by atoms with Gasteiger partial charge in [-0.25, -0.2) is 0 Å². The van der Waals surface area contributed by atoms with E-state index in [4.69, 9.17) is 4.74 Å². The molecule has 0 bridgehead atoms. The minimum absolute atomic E-state index is 0.0732. The Kier molecular flexibility index (Phi) is 1.35. The third-order valence-electron chi connectivity index (χ3n) is 1.54. The average Bonchev–Trinajstić information content (AvgIpc) is 2.36. The third kappa shape index (κ3) is 0.991. The van der Waals surface area contributed by atoms with Gasteiger partial charge >= 0.3 is 0 Å². The highest BCUT2D eigenvalue weighted by molar-refractivity contribution is 7.12. The summed E-state index contributed by atoms with van der Waals surface area (Å²) < 4.78 is 5.29. The number of amides is 1. The smallest absolute Gasteiger partial charge is 0.265 e. The lowest BCUT2D eigenvalue weighted by molar-refractivity contribution is -0.122. The number of fused-ring (bicyclic) bond motifs is 1. The minimum atomic E-state index is -0.360. The molecule has 2 heterocycles. The Morgan fingerprint density at radius 1 is 1.73 bits per heavy atom. The number of carbonyl (C=O) groups excluding carboxylic acids is 1. The van der Waals surface area contributed by atoms with Crippen LogP contribution in [0.3, 0.4) is 0 Å². The number of hydrogen-bond donors (Lipinski definition) is 1. The van der Waals surface area contributed by atoms with Crippen LogP contribution in [-0.4, -0.2) is 12.0 Å². The van der Waals surface area contributed by atoms with Crippen LogP contribution in [0.1, 0.15) is 6.92 Å². The zero-order chi connectivity index (χ0) is 7.84. The van der Waals surface area contributed by atoms with E-state index in [1.807, 2.05) is 11.4 Å². The lowest BCUT2D eigenvalue weighted by Gasteiger charge is -2.19. The van der Waals surface area contributed by atoms with Gasteiger partial charge in [0.25, 0.3) is 5.91 Å². The predicted molar refractivity (Wildman–Crippen MR) is 43.0 cm³/mol. The van der Waals surface area contributed by atoms with E-state index in [-0.39, 0.29) is 12.0 Å². The van der Waals surface area contributed by atoms with Gasteiger partial charge in [-0.1, -0.05) is 0 Å². The van der Waals surface area contributed by atoms with E-state index >= 15 is 0 Å². The van der Waals surface area contributed by atoms with E-state index in [0.717, 1.165) is 10.8 Å². The van der Waals surface area contributed by atoms with Crippen molar-refractivity contribution in [3.8, 4) is 5.06 Å². The van der Waals surface area contributed by atoms with E-state index < -0.39 is 0 Å². The van der Waals surface area contributed by atoms with E-state index in [2.05, 4.69) is 5.32 Å². The maximum atomic E-state index is 11.0. The summed E-state index contributed by atoms with van der Waals surface area (Å²) in [6.07, 6.45) is -0.360. The maximum absolute atomic E-state index is 11.0. The zero-order valence-electron chi connectivity index (χ0n) is 5.96. The molecule has 1 N–H and O–H groups in total. The summed E-state index contributed by atoms with van der Waals surface area (Å²) in [6, 6.07) is 1.84. The number of ether oxygens (including phenoxy) is 1. The fourth-order valence-electron chi connectivity index (χ4n) is 0.928. The fourth-order valence-corrected chi connectivity index (χ4v) is 1.70. The van der Waals surface area contributed by atoms with Gasteiger partial charge in [-0.3, -0.25) is 4.79 Å². The molecule has 0 spiro atoms. The van der Waals surface area contributed by atoms with Crippen LogP contribution in [0.15, 0.2) is 11.4 Å². The molecule has 0 fully saturated rings. The number of anilines is 1. The number of rotatable bonds is 0. The molecule has 58 valence electrons. The zero-order valence-corrected chi connectivity index (χ0v) is 6.77. The van der Waals surface area contributed by atoms with Crippen LogP contribution in [0.5, 0.6) is 5.06 Å². The van der Waals surface area contributed by atoms with Gasteiger partial charge in [0.05, 0.1) is 5.69 Å². The Morgan fingerprint density at radius 3 is 3.36 bits per heavy atom. The Hall–Kier alpha value is -1.03. The van der Waals surface area contributed by atoms with Crippen molar-refractivity contribution in [3.63, 3.8) is 0 Å². The topological polar surface area (TPSA) is 38.3 Å². The van der Waals surface area contributed by atoms with Crippen LogP contribution in [0, 0.1) is 0 Å². The summed E-state index contributed by atoms with van der Waals surface area (Å²) in [5.41, 5.74) is 0.790. The average molecular weight is 169 g/mol. The quantitative estimate of drug-likeness (QED) is 0.638. The number of carbonyl (C=O) groups is 1. The standard InChI is InChI=1S/C7H7NO2S/c1-4-6(9)8-5-2-3-11-7(5)10-4/h2-4H,1H3,(H,8,9). The second kappa shape index (κ2) is 2.23. The minimum Gasteiger partial charge on any atom is -0.469 e. The highest BCUT2D eigenvalue weighted by atomic mass is 32.1. The van der Waals surface area contributed by atoms with Crippen LogP contribution in [0.2, 0.25) is 0 Å². The molecule has 0 aliphatic carbocycles. The lowest BCUT2D eigenvalue weighted by Crippen LogP contribution is -2.33. The summed E-state index contributed by atoms with van der Waals surface area (Å²) in [4.78, 5) is 11.0. The molecule has 1 aliphatic heterocycles. The maximum Gasteiger partial charge on any atom is 0.265 e. The SMILES string of the molecule is CC1Oc2sccc2NC1=O. The fraction of sp³-hybridized carbons (Fsp3) is 0.286. The van der Waals surface area contributed by atoms with E-state index in [1.54, 1.807) is 6.92 Å². The molecule has 0 aromatic carbocycles. The molecule has 1 aliphatic rings. The van der Waals surface area contributed by atoms with Crippen LogP contribution in [-0.2, 0) is 4.79 Å². The van der Waals surface area contributed by atoms with Crippen molar-refractivity contribution >= 4 is 22.9 Å². The highest BCUT2D eigenvalue weighted by Crippen LogP contribution is 2.34. The van der Waals surface area contributed by atoms with Crippen molar-refractivity contribution in [2.24, 2.45) is 0 Å². The number of thiophene rings is 1. The van der Waals surface area contributed by atoms with Gasteiger partial charge in [0.1, 0.15) is 0 Å². The predicted octanol–water partition coefficient (Wildman–Crippen LogP) is 1.47. The molecule has 0 saturated heterocycles. The molecule has 11 heavy (non-hydrogen) atoms. The van der Waals surface area contributed by atoms with Gasteiger partial charge in [0.2, 0.25) is 0 Å². The van der Waals surface area contributed by atoms with Crippen molar-refractivity contribution in [1.29, 1.82) is 0 Å². The van der Waals surface area contributed by atoms with Crippen LogP contribution in [0.25, 0.3) is 0 Å². The highest BCUT2D eigenvalue weighted by Gasteiger charge is 2.23. The molecular formula is C7H7NO2S. The van der Waals surface area contributed by atoms with Crippen molar-refractivity contribution in [2.75, 3.05) is 5.32 Å². The second-order valence-electron chi connectivity index (χ2n) is 2.37. The van der Waals surface area contributed by atoms with Crippen molar-refractivity contribution in [1.82, 2.24) is 0 Å². The van der Waals surface area contributed by atoms with Gasteiger partial charge in [-0.05, 0) is 18.4 Å². The van der Waals surface area contributed by atoms with E-state index in [1.165, 1.54) is 11.3 Å². The normalized spacial score (nSPS) is 21.9. The lowest BCUT2D eigenvalue weighted by atomic mass is 10.3. The summed E-state index contributed by atoms with van der Waals surface area (Å²) in [5.74, 6) is -0.0732. The Morgan fingerprint density at radius 2 is 2.55 bits per heavy atom. The first-order valence-corrected chi connectivity index (χ1v) is 4.20. The Balaban J connectivity index is 2.37. The molecule has 2 rings (SSSR count). The molecule has 1 aromatic heterocycles. The molecule has 0 radical (unpaired) electrons. The van der Waals surface area contributed by atoms with Gasteiger partial charge in [-0.2, -0.15) is 0 Å². The molecule has 1 atom stereocenters. The number of nitrogens with one attached hydrogen (secondary N) is 1. The van der Waals surface area contributed by atoms with Crippen molar-refractivity contribution in [2.45, 2.75) is 13.0 Å². The van der Waals surface area contributed by atoms with E-state index in [0.29, 0.717) is 0 Å². The molecular weight excluding hydrogens is 162 g/mol. The first kappa shape index (κ1) is 6.67. The Labute approximate surface area is 68.0 Å². The molecule has 4 heteroatoms. The van der Waals surface area contributed by atoms with Gasteiger partial charge in [0.15, 0.2) is 11.2 Å². The first-order chi connectivity index (χ1) is 5.27. The molecule has 1 unspecified atom stereocenters. The van der Waals surface area contributed by atoms with Gasteiger partial charge in [-0.15, -0.1) is 11.3 Å². The molecule has 3 nitrogen and oxygen atoms in total. The summed E-state index contributed by atoms with van der Waals surface area (Å²) in [6.45, 7) is 1.73. The van der Waals surface area contributed by atoms with Gasteiger partial charge in [0, 0.05) is 0 Å². The van der Waals surface area contributed by atoms with E-state index in [9.17, 15) is 4.79 Å². The third-order valence-corrected chi connectivity index (χ3v) is 2.34. The molecule has 1 amide bonds. The summed E-state index contributed by atoms with van der Waals surface area (Å²) in [5, 5.41) is 5.43. The summed E-state index contributed by atoms with van der Waals surface area (Å²) in [7, 11) is 0. The van der Waals surface area contributed by atoms with Crippen LogP contribution >= 0.6 is 11.3 Å². The van der Waals surface area contributed by atoms with Crippen molar-refractivity contribution in [3.05, 3.63) is 11.4 Å². The molecule has 1 aromatic rings. The van der Waals surface area contributed by atoms with Gasteiger partial charge < -0.3 is 10.1 Å². The largest absolute Gasteiger partial charge is 0.469 e. The monoisotopic (exact) mass is 169 g/mol. The van der Waals surface area contributed by atoms with Crippen LogP contribution < -0.4 is 10.1 Å². The summed E-state index contributed by atoms with van der Waals surface area (Å²) >= 11 is 1.49. The Bertz CT molecular complexity index is 294. The molecule has 0 saturated carbocycles. The first-order valence-electron chi connectivity index (χ1n) is 3.32. The second-order valence-corrected chi connectivity index (χ2v) is 3.25.